The average Bonchev–Trinajstić information content (AvgIpc) is 3.03. The Labute approximate surface area is 99.3 Å². The maximum Gasteiger partial charge on any atom is 0.251 e. The molecule has 0 aromatic carbocycles. The quantitative estimate of drug-likeness (QED) is 0.579. The lowest BCUT2D eigenvalue weighted by Gasteiger charge is -2.16. The first-order valence-corrected chi connectivity index (χ1v) is 5.48. The van der Waals surface area contributed by atoms with Gasteiger partial charge in [0.05, 0.1) is 5.56 Å². The predicted octanol–water partition coefficient (Wildman–Crippen LogP) is 0.287. The number of carbonyl (C=O) groups excluding carboxylic acids is 1. The fourth-order valence-corrected chi connectivity index (χ4v) is 1.51. The van der Waals surface area contributed by atoms with Gasteiger partial charge in [0.1, 0.15) is 18.6 Å². The molecule has 0 atom stereocenters. The molecular weight excluding hydrogens is 220 g/mol. The number of guanidine groups is 1. The van der Waals surface area contributed by atoms with Crippen LogP contribution in [-0.2, 0) is 6.54 Å². The van der Waals surface area contributed by atoms with Crippen LogP contribution in [0.5, 0.6) is 0 Å². The van der Waals surface area contributed by atoms with E-state index in [1.165, 1.54) is 19.1 Å². The molecule has 1 saturated carbocycles. The van der Waals surface area contributed by atoms with Crippen LogP contribution in [-0.4, -0.2) is 29.9 Å². The summed E-state index contributed by atoms with van der Waals surface area (Å²) in [5, 5.41) is 0. The minimum atomic E-state index is -0.507. The van der Waals surface area contributed by atoms with E-state index in [0.29, 0.717) is 29.9 Å². The van der Waals surface area contributed by atoms with Crippen LogP contribution in [0.1, 0.15) is 29.0 Å². The lowest BCUT2D eigenvalue weighted by molar-refractivity contribution is 0.0999. The van der Waals surface area contributed by atoms with Gasteiger partial charge in [0.25, 0.3) is 5.91 Å². The SMILES string of the molecule is CN(C(N)=NCc1cc(C(N)=O)co1)C1CC1. The van der Waals surface area contributed by atoms with Crippen molar-refractivity contribution in [3.63, 3.8) is 0 Å². The summed E-state index contributed by atoms with van der Waals surface area (Å²) in [6, 6.07) is 2.10. The van der Waals surface area contributed by atoms with Crippen molar-refractivity contribution in [1.29, 1.82) is 0 Å². The van der Waals surface area contributed by atoms with Crippen molar-refractivity contribution < 1.29 is 9.21 Å². The first-order valence-electron chi connectivity index (χ1n) is 5.48. The second-order valence-corrected chi connectivity index (χ2v) is 4.18. The van der Waals surface area contributed by atoms with Crippen molar-refractivity contribution >= 4 is 11.9 Å². The van der Waals surface area contributed by atoms with E-state index >= 15 is 0 Å². The molecule has 1 fully saturated rings. The van der Waals surface area contributed by atoms with E-state index in [0.717, 1.165) is 0 Å². The van der Waals surface area contributed by atoms with Gasteiger partial charge in [-0.25, -0.2) is 4.99 Å². The van der Waals surface area contributed by atoms with E-state index in [1.54, 1.807) is 6.07 Å². The van der Waals surface area contributed by atoms with Gasteiger partial charge in [0.15, 0.2) is 5.96 Å². The first-order chi connectivity index (χ1) is 8.08. The van der Waals surface area contributed by atoms with E-state index in [1.807, 2.05) is 11.9 Å². The number of aliphatic imine (C=N–C) groups is 1. The van der Waals surface area contributed by atoms with E-state index in [-0.39, 0.29) is 0 Å². The van der Waals surface area contributed by atoms with Crippen LogP contribution in [0.3, 0.4) is 0 Å². The Kier molecular flexibility index (Phi) is 3.03. The molecule has 1 aliphatic carbocycles. The largest absolute Gasteiger partial charge is 0.467 e. The summed E-state index contributed by atoms with van der Waals surface area (Å²) >= 11 is 0. The van der Waals surface area contributed by atoms with Gasteiger partial charge in [-0.1, -0.05) is 0 Å². The van der Waals surface area contributed by atoms with Crippen molar-refractivity contribution in [3.8, 4) is 0 Å². The molecule has 0 bridgehead atoms. The van der Waals surface area contributed by atoms with Gasteiger partial charge in [-0.2, -0.15) is 0 Å². The summed E-state index contributed by atoms with van der Waals surface area (Å²) in [5.41, 5.74) is 11.3. The van der Waals surface area contributed by atoms with Crippen LogP contribution in [0, 0.1) is 0 Å². The Balaban J connectivity index is 1.95. The Morgan fingerprint density at radius 1 is 1.59 bits per heavy atom. The van der Waals surface area contributed by atoms with Crippen molar-refractivity contribution in [2.75, 3.05) is 7.05 Å². The van der Waals surface area contributed by atoms with Gasteiger partial charge < -0.3 is 20.8 Å². The van der Waals surface area contributed by atoms with Gasteiger partial charge in [-0.3, -0.25) is 4.79 Å². The molecule has 92 valence electrons. The Bertz CT molecular complexity index is 448. The molecule has 1 amide bonds. The molecule has 1 aliphatic rings. The topological polar surface area (TPSA) is 97.9 Å². The molecule has 0 spiro atoms. The van der Waals surface area contributed by atoms with Crippen LogP contribution in [0.15, 0.2) is 21.7 Å². The van der Waals surface area contributed by atoms with E-state index in [4.69, 9.17) is 15.9 Å². The Hall–Kier alpha value is -1.98. The normalized spacial score (nSPS) is 15.9. The number of nitrogens with two attached hydrogens (primary N) is 2. The highest BCUT2D eigenvalue weighted by molar-refractivity contribution is 5.92. The third-order valence-corrected chi connectivity index (χ3v) is 2.79. The zero-order valence-corrected chi connectivity index (χ0v) is 9.72. The van der Waals surface area contributed by atoms with Gasteiger partial charge in [-0.05, 0) is 18.9 Å². The Morgan fingerprint density at radius 3 is 2.82 bits per heavy atom. The van der Waals surface area contributed by atoms with Crippen molar-refractivity contribution in [2.24, 2.45) is 16.5 Å². The van der Waals surface area contributed by atoms with E-state index < -0.39 is 5.91 Å². The summed E-state index contributed by atoms with van der Waals surface area (Å²) in [4.78, 5) is 17.0. The fourth-order valence-electron chi connectivity index (χ4n) is 1.51. The molecular formula is C11H16N4O2. The summed E-state index contributed by atoms with van der Waals surface area (Å²) < 4.78 is 5.15. The third-order valence-electron chi connectivity index (χ3n) is 2.79. The summed E-state index contributed by atoms with van der Waals surface area (Å²) in [5.74, 6) is 0.558. The minimum absolute atomic E-state index is 0.316. The summed E-state index contributed by atoms with van der Waals surface area (Å²) in [7, 11) is 1.92. The number of rotatable bonds is 4. The van der Waals surface area contributed by atoms with Crippen molar-refractivity contribution in [2.45, 2.75) is 25.4 Å². The zero-order chi connectivity index (χ0) is 12.4. The highest BCUT2D eigenvalue weighted by atomic mass is 16.3. The van der Waals surface area contributed by atoms with Gasteiger partial charge >= 0.3 is 0 Å². The van der Waals surface area contributed by atoms with Crippen LogP contribution in [0.2, 0.25) is 0 Å². The van der Waals surface area contributed by atoms with Crippen LogP contribution >= 0.6 is 0 Å². The highest BCUT2D eigenvalue weighted by Gasteiger charge is 2.27. The highest BCUT2D eigenvalue weighted by Crippen LogP contribution is 2.24. The molecule has 2 rings (SSSR count). The number of furan rings is 1. The molecule has 6 heteroatoms. The molecule has 1 aromatic heterocycles. The van der Waals surface area contributed by atoms with Crippen molar-refractivity contribution in [1.82, 2.24) is 4.90 Å². The molecule has 6 nitrogen and oxygen atoms in total. The molecule has 4 N–H and O–H groups in total. The zero-order valence-electron chi connectivity index (χ0n) is 9.72. The van der Waals surface area contributed by atoms with Crippen LogP contribution in [0.25, 0.3) is 0 Å². The lowest BCUT2D eigenvalue weighted by Crippen LogP contribution is -2.35. The Morgan fingerprint density at radius 2 is 2.29 bits per heavy atom. The predicted molar refractivity (Wildman–Crippen MR) is 63.3 cm³/mol. The van der Waals surface area contributed by atoms with Gasteiger partial charge in [0.2, 0.25) is 0 Å². The lowest BCUT2D eigenvalue weighted by atomic mass is 10.3. The second kappa shape index (κ2) is 4.48. The first kappa shape index (κ1) is 11.5. The smallest absolute Gasteiger partial charge is 0.251 e. The van der Waals surface area contributed by atoms with Crippen LogP contribution < -0.4 is 11.5 Å². The molecule has 1 aromatic rings. The number of nitrogens with zero attached hydrogens (tertiary/aromatic N) is 2. The summed E-state index contributed by atoms with van der Waals surface area (Å²) in [6.45, 7) is 0.316. The van der Waals surface area contributed by atoms with E-state index in [9.17, 15) is 4.79 Å². The molecule has 17 heavy (non-hydrogen) atoms. The molecule has 1 heterocycles. The maximum absolute atomic E-state index is 10.9. The number of hydrogen-bond acceptors (Lipinski definition) is 3. The molecule has 0 saturated heterocycles. The minimum Gasteiger partial charge on any atom is -0.467 e. The van der Waals surface area contributed by atoms with E-state index in [2.05, 4.69) is 4.99 Å². The number of amides is 1. The number of primary amides is 1. The molecule has 0 aliphatic heterocycles. The number of carbonyl (C=O) groups is 1. The molecule has 0 unspecified atom stereocenters. The van der Waals surface area contributed by atoms with Gasteiger partial charge in [0, 0.05) is 13.1 Å². The standard InChI is InChI=1S/C11H16N4O2/c1-15(8-2-3-8)11(13)14-5-9-4-7(6-17-9)10(12)16/h4,6,8H,2-3,5H2,1H3,(H2,12,16)(H2,13,14). The number of hydrogen-bond donors (Lipinski definition) is 2. The fraction of sp³-hybridized carbons (Fsp3) is 0.455. The monoisotopic (exact) mass is 236 g/mol. The van der Waals surface area contributed by atoms with Crippen LogP contribution in [0.4, 0.5) is 0 Å². The molecule has 0 radical (unpaired) electrons. The maximum atomic E-state index is 10.9. The second-order valence-electron chi connectivity index (χ2n) is 4.18. The average molecular weight is 236 g/mol. The summed E-state index contributed by atoms with van der Waals surface area (Å²) in [6.07, 6.45) is 3.66. The van der Waals surface area contributed by atoms with Gasteiger partial charge in [-0.15, -0.1) is 0 Å². The van der Waals surface area contributed by atoms with Crippen molar-refractivity contribution in [3.05, 3.63) is 23.7 Å². The third kappa shape index (κ3) is 2.77.